The molecule has 0 heteroatoms. The van der Waals surface area contributed by atoms with Gasteiger partial charge >= 0.3 is 0 Å². The van der Waals surface area contributed by atoms with E-state index in [1.807, 2.05) is 0 Å². The Morgan fingerprint density at radius 1 is 0.500 bits per heavy atom. The van der Waals surface area contributed by atoms with E-state index in [1.54, 1.807) is 0 Å². The Kier molecular flexibility index (Phi) is 6.74. The highest BCUT2D eigenvalue weighted by Gasteiger charge is 1.83. The minimum Gasteiger partial charge on any atom is -0.0882 e. The molecule has 0 aromatic rings. The first kappa shape index (κ1) is 11.0. The maximum Gasteiger partial charge on any atom is -0.0166 e. The Morgan fingerprint density at radius 3 is 1.50 bits per heavy atom. The van der Waals surface area contributed by atoms with Crippen LogP contribution in [0.3, 0.4) is 0 Å². The van der Waals surface area contributed by atoms with Gasteiger partial charge in [0.25, 0.3) is 0 Å². The van der Waals surface area contributed by atoms with Crippen molar-refractivity contribution in [3.05, 3.63) is 48.6 Å². The van der Waals surface area contributed by atoms with E-state index in [1.165, 1.54) is 25.7 Å². The molecule has 1 rings (SSSR count). The molecule has 1 aliphatic carbocycles. The molecule has 0 saturated carbocycles. The van der Waals surface area contributed by atoms with Crippen molar-refractivity contribution >= 4 is 0 Å². The van der Waals surface area contributed by atoms with Gasteiger partial charge in [-0.1, -0.05) is 48.6 Å². The van der Waals surface area contributed by atoms with Crippen LogP contribution in [0.1, 0.15) is 38.5 Å². The lowest BCUT2D eigenvalue weighted by atomic mass is 10.1. The maximum atomic E-state index is 2.30. The second-order valence-corrected chi connectivity index (χ2v) is 3.55. The summed E-state index contributed by atoms with van der Waals surface area (Å²) >= 11 is 0. The van der Waals surface area contributed by atoms with E-state index in [4.69, 9.17) is 0 Å². The summed E-state index contributed by atoms with van der Waals surface area (Å²) in [5.41, 5.74) is 0. The van der Waals surface area contributed by atoms with Crippen LogP contribution in [0.2, 0.25) is 0 Å². The summed E-state index contributed by atoms with van der Waals surface area (Å²) in [4.78, 5) is 0. The summed E-state index contributed by atoms with van der Waals surface area (Å²) in [6, 6.07) is 0. The highest BCUT2D eigenvalue weighted by Crippen LogP contribution is 2.03. The molecule has 0 atom stereocenters. The molecule has 0 unspecified atom stereocenters. The van der Waals surface area contributed by atoms with Crippen LogP contribution in [0.4, 0.5) is 0 Å². The van der Waals surface area contributed by atoms with Crippen LogP contribution < -0.4 is 0 Å². The zero-order valence-electron chi connectivity index (χ0n) is 8.86. The first-order valence-corrected chi connectivity index (χ1v) is 5.62. The number of hydrogen-bond acceptors (Lipinski definition) is 0. The Hall–Kier alpha value is -1.04. The zero-order chi connectivity index (χ0) is 9.90. The molecule has 1 aliphatic rings. The highest BCUT2D eigenvalue weighted by atomic mass is 13.9. The quantitative estimate of drug-likeness (QED) is 0.489. The van der Waals surface area contributed by atoms with Crippen molar-refractivity contribution in [2.45, 2.75) is 38.5 Å². The summed E-state index contributed by atoms with van der Waals surface area (Å²) in [6.45, 7) is 0. The Balaban J connectivity index is 2.35. The van der Waals surface area contributed by atoms with Crippen molar-refractivity contribution in [3.63, 3.8) is 0 Å². The molecule has 0 aliphatic heterocycles. The number of rotatable bonds is 0. The summed E-state index contributed by atoms with van der Waals surface area (Å²) in [7, 11) is 0. The predicted octanol–water partition coefficient (Wildman–Crippen LogP) is 4.57. The molecule has 0 radical (unpaired) electrons. The molecule has 76 valence electrons. The molecule has 0 aromatic heterocycles. The van der Waals surface area contributed by atoms with E-state index >= 15 is 0 Å². The lowest BCUT2D eigenvalue weighted by molar-refractivity contribution is 0.760. The van der Waals surface area contributed by atoms with E-state index in [0.29, 0.717) is 0 Å². The van der Waals surface area contributed by atoms with Gasteiger partial charge in [-0.05, 0) is 38.5 Å². The third-order valence-electron chi connectivity index (χ3n) is 2.25. The van der Waals surface area contributed by atoms with Crippen LogP contribution in [0.5, 0.6) is 0 Å². The smallest absolute Gasteiger partial charge is 0.0166 e. The van der Waals surface area contributed by atoms with Gasteiger partial charge in [-0.2, -0.15) is 0 Å². The number of allylic oxidation sites excluding steroid dienone is 8. The Morgan fingerprint density at radius 2 is 1.00 bits per heavy atom. The van der Waals surface area contributed by atoms with Gasteiger partial charge in [-0.3, -0.25) is 0 Å². The lowest BCUT2D eigenvalue weighted by Gasteiger charge is -1.93. The van der Waals surface area contributed by atoms with Gasteiger partial charge in [0.15, 0.2) is 0 Å². The summed E-state index contributed by atoms with van der Waals surface area (Å²) in [6.07, 6.45) is 25.0. The minimum atomic E-state index is 1.07. The van der Waals surface area contributed by atoms with Crippen molar-refractivity contribution in [2.24, 2.45) is 0 Å². The van der Waals surface area contributed by atoms with Crippen molar-refractivity contribution in [3.8, 4) is 0 Å². The Bertz CT molecular complexity index is 202. The second-order valence-electron chi connectivity index (χ2n) is 3.55. The third kappa shape index (κ3) is 6.47. The minimum absolute atomic E-state index is 1.07. The van der Waals surface area contributed by atoms with Crippen LogP contribution >= 0.6 is 0 Å². The van der Waals surface area contributed by atoms with Gasteiger partial charge in [-0.25, -0.2) is 0 Å². The maximum absolute atomic E-state index is 2.30. The zero-order valence-corrected chi connectivity index (χ0v) is 8.86. The summed E-state index contributed by atoms with van der Waals surface area (Å²) in [5, 5.41) is 0. The van der Waals surface area contributed by atoms with Gasteiger partial charge in [0.05, 0.1) is 0 Å². The van der Waals surface area contributed by atoms with Crippen LogP contribution in [-0.2, 0) is 0 Å². The van der Waals surface area contributed by atoms with Gasteiger partial charge in [-0.15, -0.1) is 0 Å². The molecule has 0 fully saturated rings. The first-order valence-electron chi connectivity index (χ1n) is 5.62. The molecule has 0 heterocycles. The summed E-state index contributed by atoms with van der Waals surface area (Å²) < 4.78 is 0. The van der Waals surface area contributed by atoms with E-state index in [-0.39, 0.29) is 0 Å². The van der Waals surface area contributed by atoms with Gasteiger partial charge in [0, 0.05) is 0 Å². The molecule has 0 nitrogen and oxygen atoms in total. The fourth-order valence-electron chi connectivity index (χ4n) is 1.42. The van der Waals surface area contributed by atoms with Crippen LogP contribution in [0, 0.1) is 0 Å². The van der Waals surface area contributed by atoms with Crippen molar-refractivity contribution < 1.29 is 0 Å². The fourth-order valence-corrected chi connectivity index (χ4v) is 1.42. The molecule has 14 heavy (non-hydrogen) atoms. The Labute approximate surface area is 87.7 Å². The highest BCUT2D eigenvalue weighted by molar-refractivity contribution is 5.06. The lowest BCUT2D eigenvalue weighted by Crippen LogP contribution is -1.73. The standard InChI is InChI=1S/C14H20/c1-2-4-6-8-10-12-14-13-11-9-7-5-3-1/h1-4,7-10H,5-6,11-14H2/b3-1+,4-2+,9-7-,10-8-. The van der Waals surface area contributed by atoms with Crippen molar-refractivity contribution in [1.29, 1.82) is 0 Å². The van der Waals surface area contributed by atoms with E-state index in [2.05, 4.69) is 48.6 Å². The molecule has 0 N–H and O–H groups in total. The van der Waals surface area contributed by atoms with Gasteiger partial charge in [0.2, 0.25) is 0 Å². The van der Waals surface area contributed by atoms with Crippen molar-refractivity contribution in [2.75, 3.05) is 0 Å². The van der Waals surface area contributed by atoms with E-state index in [9.17, 15) is 0 Å². The van der Waals surface area contributed by atoms with Crippen LogP contribution in [0.25, 0.3) is 0 Å². The molecule has 0 aromatic carbocycles. The monoisotopic (exact) mass is 188 g/mol. The molecule has 0 spiro atoms. The van der Waals surface area contributed by atoms with Crippen LogP contribution in [0.15, 0.2) is 48.6 Å². The average Bonchev–Trinajstić information content (AvgIpc) is 2.22. The second kappa shape index (κ2) is 8.55. The first-order chi connectivity index (χ1) is 7.00. The topological polar surface area (TPSA) is 0 Å². The SMILES string of the molecule is C1=C\CCCC/C=C\C/C=C/C=C/C/1. The van der Waals surface area contributed by atoms with E-state index in [0.717, 1.165) is 12.8 Å². The predicted molar refractivity (Wildman–Crippen MR) is 64.3 cm³/mol. The van der Waals surface area contributed by atoms with Crippen molar-refractivity contribution in [1.82, 2.24) is 0 Å². The summed E-state index contributed by atoms with van der Waals surface area (Å²) in [5.74, 6) is 0. The number of hydrogen-bond donors (Lipinski definition) is 0. The molecule has 0 saturated heterocycles. The largest absolute Gasteiger partial charge is 0.0882 e. The average molecular weight is 188 g/mol. The molecular weight excluding hydrogens is 168 g/mol. The molecular formula is C14H20. The normalized spacial score (nSPS) is 28.6. The van der Waals surface area contributed by atoms with Gasteiger partial charge in [0.1, 0.15) is 0 Å². The third-order valence-corrected chi connectivity index (χ3v) is 2.25. The molecule has 0 bridgehead atoms. The van der Waals surface area contributed by atoms with Gasteiger partial charge < -0.3 is 0 Å². The van der Waals surface area contributed by atoms with Crippen LogP contribution in [-0.4, -0.2) is 0 Å². The van der Waals surface area contributed by atoms with E-state index < -0.39 is 0 Å². The fraction of sp³-hybridized carbons (Fsp3) is 0.429. The molecule has 0 amide bonds.